The molecule has 0 amide bonds. The molecule has 0 aromatic heterocycles. The first-order chi connectivity index (χ1) is 13.2. The molecule has 0 aliphatic carbocycles. The van der Waals surface area contributed by atoms with Gasteiger partial charge in [0.2, 0.25) is 0 Å². The third-order valence-electron chi connectivity index (χ3n) is 5.32. The minimum absolute atomic E-state index is 0.0598. The Hall–Kier alpha value is -1.41. The smallest absolute Gasteiger partial charge is 0.261 e. The van der Waals surface area contributed by atoms with E-state index < -0.39 is 7.37 Å². The second-order valence-electron chi connectivity index (χ2n) is 7.43. The summed E-state index contributed by atoms with van der Waals surface area (Å²) in [5, 5.41) is 1.59. The molecule has 3 rings (SSSR count). The van der Waals surface area contributed by atoms with Crippen LogP contribution in [0.3, 0.4) is 0 Å². The van der Waals surface area contributed by atoms with Gasteiger partial charge in [-0.05, 0) is 76.0 Å². The van der Waals surface area contributed by atoms with Crippen LogP contribution in [-0.2, 0) is 9.09 Å². The molecule has 146 valence electrons. The standard InChI is InChI=1S/C23H32NO2P/c1-2-3-18-24-19-10-12-21(13-11-20-24)26-27(25,22-14-6-4-7-15-22)23-16-8-5-9-17-23/h4-9,14-17,21H,2-3,10-13,18-20H2,1H3. The molecule has 1 aliphatic heterocycles. The predicted octanol–water partition coefficient (Wildman–Crippen LogP) is 4.98. The highest BCUT2D eigenvalue weighted by Gasteiger charge is 2.32. The molecule has 2 aromatic rings. The first-order valence-electron chi connectivity index (χ1n) is 10.3. The molecule has 1 fully saturated rings. The Morgan fingerprint density at radius 2 is 1.44 bits per heavy atom. The summed E-state index contributed by atoms with van der Waals surface area (Å²) >= 11 is 0. The van der Waals surface area contributed by atoms with E-state index in [0.29, 0.717) is 0 Å². The van der Waals surface area contributed by atoms with E-state index in [9.17, 15) is 4.57 Å². The molecular formula is C23H32NO2P. The monoisotopic (exact) mass is 385 g/mol. The summed E-state index contributed by atoms with van der Waals surface area (Å²) in [6.07, 6.45) is 6.76. The van der Waals surface area contributed by atoms with Gasteiger partial charge < -0.3 is 9.42 Å². The fraction of sp³-hybridized carbons (Fsp3) is 0.478. The van der Waals surface area contributed by atoms with Crippen molar-refractivity contribution in [3.63, 3.8) is 0 Å². The summed E-state index contributed by atoms with van der Waals surface area (Å²) in [4.78, 5) is 2.58. The summed E-state index contributed by atoms with van der Waals surface area (Å²) in [6.45, 7) is 5.70. The van der Waals surface area contributed by atoms with E-state index in [1.165, 1.54) is 19.4 Å². The average molecular weight is 385 g/mol. The molecule has 0 saturated carbocycles. The summed E-state index contributed by atoms with van der Waals surface area (Å²) in [5.41, 5.74) is 0. The quantitative estimate of drug-likeness (QED) is 0.630. The molecule has 1 heterocycles. The minimum atomic E-state index is -3.07. The zero-order valence-electron chi connectivity index (χ0n) is 16.4. The van der Waals surface area contributed by atoms with Crippen LogP contribution in [-0.4, -0.2) is 30.6 Å². The van der Waals surface area contributed by atoms with Gasteiger partial charge in [0, 0.05) is 10.6 Å². The number of hydrogen-bond donors (Lipinski definition) is 0. The Balaban J connectivity index is 1.73. The molecule has 27 heavy (non-hydrogen) atoms. The van der Waals surface area contributed by atoms with Crippen LogP contribution in [0.25, 0.3) is 0 Å². The molecule has 0 bridgehead atoms. The Kier molecular flexibility index (Phi) is 7.70. The maximum Gasteiger partial charge on any atom is 0.261 e. The Morgan fingerprint density at radius 3 is 1.93 bits per heavy atom. The Bertz CT molecular complexity index is 666. The number of likely N-dealkylation sites (tertiary alicyclic amines) is 1. The zero-order valence-corrected chi connectivity index (χ0v) is 17.3. The van der Waals surface area contributed by atoms with Crippen molar-refractivity contribution in [2.75, 3.05) is 19.6 Å². The van der Waals surface area contributed by atoms with Gasteiger partial charge in [0.05, 0.1) is 6.10 Å². The van der Waals surface area contributed by atoms with Crippen molar-refractivity contribution < 1.29 is 9.09 Å². The van der Waals surface area contributed by atoms with E-state index in [-0.39, 0.29) is 6.10 Å². The maximum atomic E-state index is 14.1. The van der Waals surface area contributed by atoms with Crippen LogP contribution >= 0.6 is 7.37 Å². The van der Waals surface area contributed by atoms with Crippen LogP contribution in [0.4, 0.5) is 0 Å². The number of unbranched alkanes of at least 4 members (excludes halogenated alkanes) is 1. The van der Waals surface area contributed by atoms with E-state index in [0.717, 1.165) is 49.4 Å². The van der Waals surface area contributed by atoms with Gasteiger partial charge in [-0.2, -0.15) is 0 Å². The average Bonchev–Trinajstić information content (AvgIpc) is 2.70. The highest BCUT2D eigenvalue weighted by molar-refractivity contribution is 7.74. The van der Waals surface area contributed by atoms with Gasteiger partial charge in [0.25, 0.3) is 7.37 Å². The van der Waals surface area contributed by atoms with Crippen molar-refractivity contribution in [1.29, 1.82) is 0 Å². The lowest BCUT2D eigenvalue weighted by Crippen LogP contribution is -2.32. The van der Waals surface area contributed by atoms with Gasteiger partial charge in [-0.1, -0.05) is 49.7 Å². The van der Waals surface area contributed by atoms with Crippen molar-refractivity contribution in [1.82, 2.24) is 4.90 Å². The molecular weight excluding hydrogens is 353 g/mol. The summed E-state index contributed by atoms with van der Waals surface area (Å²) < 4.78 is 20.5. The van der Waals surface area contributed by atoms with Crippen molar-refractivity contribution in [3.05, 3.63) is 60.7 Å². The second kappa shape index (κ2) is 10.2. The van der Waals surface area contributed by atoms with Gasteiger partial charge in [0.1, 0.15) is 0 Å². The molecule has 3 nitrogen and oxygen atoms in total. The highest BCUT2D eigenvalue weighted by atomic mass is 31.2. The fourth-order valence-electron chi connectivity index (χ4n) is 3.78. The topological polar surface area (TPSA) is 29.5 Å². The van der Waals surface area contributed by atoms with Crippen LogP contribution < -0.4 is 10.6 Å². The Labute approximate surface area is 164 Å². The van der Waals surface area contributed by atoms with Gasteiger partial charge in [-0.15, -0.1) is 0 Å². The first-order valence-corrected chi connectivity index (χ1v) is 12.0. The summed E-state index contributed by atoms with van der Waals surface area (Å²) in [5.74, 6) is 0. The van der Waals surface area contributed by atoms with Crippen LogP contribution in [0.1, 0.15) is 45.4 Å². The molecule has 0 N–H and O–H groups in total. The highest BCUT2D eigenvalue weighted by Crippen LogP contribution is 2.47. The first kappa shape index (κ1) is 20.3. The number of benzene rings is 2. The molecule has 0 radical (unpaired) electrons. The normalized spacial score (nSPS) is 17.4. The molecule has 2 aromatic carbocycles. The number of nitrogens with zero attached hydrogens (tertiary/aromatic N) is 1. The van der Waals surface area contributed by atoms with E-state index in [1.54, 1.807) is 0 Å². The zero-order chi connectivity index (χ0) is 19.0. The third-order valence-corrected chi connectivity index (χ3v) is 7.87. The second-order valence-corrected chi connectivity index (χ2v) is 9.78. The van der Waals surface area contributed by atoms with E-state index in [1.807, 2.05) is 60.7 Å². The molecule has 1 saturated heterocycles. The van der Waals surface area contributed by atoms with Crippen molar-refractivity contribution >= 4 is 18.0 Å². The van der Waals surface area contributed by atoms with Crippen LogP contribution in [0, 0.1) is 0 Å². The van der Waals surface area contributed by atoms with Crippen LogP contribution in [0.15, 0.2) is 60.7 Å². The van der Waals surface area contributed by atoms with Gasteiger partial charge >= 0.3 is 0 Å². The van der Waals surface area contributed by atoms with Crippen LogP contribution in [0.5, 0.6) is 0 Å². The maximum absolute atomic E-state index is 14.1. The van der Waals surface area contributed by atoms with Crippen LogP contribution in [0.2, 0.25) is 0 Å². The molecule has 0 unspecified atom stereocenters. The van der Waals surface area contributed by atoms with E-state index >= 15 is 0 Å². The summed E-state index contributed by atoms with van der Waals surface area (Å²) in [7, 11) is -3.07. The number of rotatable bonds is 7. The Morgan fingerprint density at radius 1 is 0.926 bits per heavy atom. The van der Waals surface area contributed by atoms with E-state index in [4.69, 9.17) is 4.52 Å². The van der Waals surface area contributed by atoms with E-state index in [2.05, 4.69) is 11.8 Å². The van der Waals surface area contributed by atoms with Gasteiger partial charge in [0.15, 0.2) is 0 Å². The molecule has 0 spiro atoms. The molecule has 4 heteroatoms. The lowest BCUT2D eigenvalue weighted by molar-refractivity contribution is 0.146. The summed E-state index contributed by atoms with van der Waals surface area (Å²) in [6, 6.07) is 19.4. The number of hydrogen-bond acceptors (Lipinski definition) is 3. The molecule has 0 atom stereocenters. The van der Waals surface area contributed by atoms with Crippen molar-refractivity contribution in [2.45, 2.75) is 51.6 Å². The lowest BCUT2D eigenvalue weighted by atomic mass is 10.1. The van der Waals surface area contributed by atoms with Gasteiger partial charge in [-0.25, -0.2) is 0 Å². The minimum Gasteiger partial charge on any atom is -0.319 e. The molecule has 1 aliphatic rings. The third kappa shape index (κ3) is 5.54. The predicted molar refractivity (Wildman–Crippen MR) is 114 cm³/mol. The lowest BCUT2D eigenvalue weighted by Gasteiger charge is -2.30. The SMILES string of the molecule is CCCCN1CCCC(OP(=O)(c2ccccc2)c2ccccc2)CCC1. The van der Waals surface area contributed by atoms with Crippen molar-refractivity contribution in [3.8, 4) is 0 Å². The van der Waals surface area contributed by atoms with Crippen molar-refractivity contribution in [2.24, 2.45) is 0 Å². The van der Waals surface area contributed by atoms with Gasteiger partial charge in [-0.3, -0.25) is 4.57 Å². The fourth-order valence-corrected chi connectivity index (χ4v) is 6.08. The largest absolute Gasteiger partial charge is 0.319 e.